The van der Waals surface area contributed by atoms with E-state index in [4.69, 9.17) is 11.6 Å². The summed E-state index contributed by atoms with van der Waals surface area (Å²) in [5, 5.41) is 12.3. The zero-order chi connectivity index (χ0) is 22.1. The number of anilines is 2. The fourth-order valence-electron chi connectivity index (χ4n) is 2.93. The van der Waals surface area contributed by atoms with Crippen molar-refractivity contribution in [1.82, 2.24) is 10.2 Å². The molecule has 1 N–H and O–H groups in total. The second kappa shape index (κ2) is 8.71. The Kier molecular flexibility index (Phi) is 6.44. The van der Waals surface area contributed by atoms with Crippen LogP contribution in [-0.4, -0.2) is 36.8 Å². The Balaban J connectivity index is 1.84. The van der Waals surface area contributed by atoms with Gasteiger partial charge in [0.2, 0.25) is 21.1 Å². The first-order chi connectivity index (χ1) is 14.1. The fraction of sp³-hybridized carbons (Fsp3) is 0.250. The van der Waals surface area contributed by atoms with Crippen molar-refractivity contribution >= 4 is 49.7 Å². The minimum Gasteiger partial charge on any atom is -0.299 e. The van der Waals surface area contributed by atoms with Gasteiger partial charge >= 0.3 is 0 Å². The average Bonchev–Trinajstić information content (AvgIpc) is 3.12. The van der Waals surface area contributed by atoms with Crippen LogP contribution < -0.4 is 9.62 Å². The van der Waals surface area contributed by atoms with Gasteiger partial charge in [-0.15, -0.1) is 10.2 Å². The summed E-state index contributed by atoms with van der Waals surface area (Å²) in [7, 11) is -3.71. The highest BCUT2D eigenvalue weighted by Gasteiger charge is 2.30. The summed E-state index contributed by atoms with van der Waals surface area (Å²) in [4.78, 5) is 12.9. The van der Waals surface area contributed by atoms with Crippen molar-refractivity contribution in [2.45, 2.75) is 26.8 Å². The van der Waals surface area contributed by atoms with Crippen LogP contribution in [0.1, 0.15) is 18.1 Å². The van der Waals surface area contributed by atoms with E-state index in [9.17, 15) is 13.2 Å². The molecule has 2 aromatic carbocycles. The summed E-state index contributed by atoms with van der Waals surface area (Å²) in [6.07, 6.45) is 1.09. The summed E-state index contributed by atoms with van der Waals surface area (Å²) in [5.41, 5.74) is 2.94. The van der Waals surface area contributed by atoms with E-state index < -0.39 is 22.0 Å². The third-order valence-electron chi connectivity index (χ3n) is 4.44. The predicted molar refractivity (Wildman–Crippen MR) is 122 cm³/mol. The van der Waals surface area contributed by atoms with Crippen LogP contribution in [0.5, 0.6) is 0 Å². The van der Waals surface area contributed by atoms with E-state index in [1.807, 2.05) is 31.2 Å². The van der Waals surface area contributed by atoms with E-state index in [0.29, 0.717) is 15.7 Å². The minimum atomic E-state index is -3.71. The molecule has 1 heterocycles. The van der Waals surface area contributed by atoms with E-state index in [0.717, 1.165) is 27.3 Å². The Morgan fingerprint density at radius 2 is 1.80 bits per heavy atom. The molecule has 1 amide bonds. The smallest absolute Gasteiger partial charge is 0.249 e. The highest BCUT2D eigenvalue weighted by molar-refractivity contribution is 7.92. The van der Waals surface area contributed by atoms with Crippen LogP contribution >= 0.6 is 22.9 Å². The molecule has 30 heavy (non-hydrogen) atoms. The fourth-order valence-corrected chi connectivity index (χ4v) is 5.03. The van der Waals surface area contributed by atoms with Crippen molar-refractivity contribution in [3.05, 3.63) is 58.6 Å². The van der Waals surface area contributed by atoms with Crippen LogP contribution in [0.15, 0.2) is 42.5 Å². The molecule has 0 aliphatic carbocycles. The molecule has 3 rings (SSSR count). The van der Waals surface area contributed by atoms with Crippen molar-refractivity contribution in [3.8, 4) is 10.6 Å². The number of benzene rings is 2. The molecule has 0 unspecified atom stereocenters. The van der Waals surface area contributed by atoms with Crippen LogP contribution in [0.2, 0.25) is 5.02 Å². The van der Waals surface area contributed by atoms with E-state index in [-0.39, 0.29) is 5.13 Å². The van der Waals surface area contributed by atoms with E-state index in [1.165, 1.54) is 11.3 Å². The molecule has 0 saturated heterocycles. The summed E-state index contributed by atoms with van der Waals surface area (Å²) in [6, 6.07) is 11.6. The first kappa shape index (κ1) is 22.2. The van der Waals surface area contributed by atoms with Gasteiger partial charge in [0.1, 0.15) is 11.0 Å². The van der Waals surface area contributed by atoms with Gasteiger partial charge in [0.05, 0.1) is 11.9 Å². The van der Waals surface area contributed by atoms with Gasteiger partial charge in [-0.05, 0) is 50.1 Å². The predicted octanol–water partition coefficient (Wildman–Crippen LogP) is 4.27. The number of carbonyl (C=O) groups is 1. The van der Waals surface area contributed by atoms with Crippen LogP contribution in [0, 0.1) is 13.8 Å². The summed E-state index contributed by atoms with van der Waals surface area (Å²) < 4.78 is 26.2. The zero-order valence-corrected chi connectivity index (χ0v) is 19.3. The topological polar surface area (TPSA) is 92.3 Å². The number of sulfonamides is 1. The lowest BCUT2D eigenvalue weighted by Gasteiger charge is -2.29. The van der Waals surface area contributed by atoms with Crippen molar-refractivity contribution < 1.29 is 13.2 Å². The Morgan fingerprint density at radius 1 is 1.13 bits per heavy atom. The summed E-state index contributed by atoms with van der Waals surface area (Å²) >= 11 is 7.10. The van der Waals surface area contributed by atoms with Crippen molar-refractivity contribution in [2.24, 2.45) is 0 Å². The van der Waals surface area contributed by atoms with Gasteiger partial charge in [-0.25, -0.2) is 8.42 Å². The maximum atomic E-state index is 12.9. The molecule has 1 aromatic heterocycles. The molecule has 0 radical (unpaired) electrons. The highest BCUT2D eigenvalue weighted by atomic mass is 35.5. The molecule has 158 valence electrons. The number of amides is 1. The highest BCUT2D eigenvalue weighted by Crippen LogP contribution is 2.29. The number of nitrogens with zero attached hydrogens (tertiary/aromatic N) is 3. The molecule has 0 saturated carbocycles. The molecule has 1 atom stereocenters. The number of carbonyl (C=O) groups excluding carboxylic acids is 1. The van der Waals surface area contributed by atoms with E-state index in [2.05, 4.69) is 15.5 Å². The Hall–Kier alpha value is -2.49. The Morgan fingerprint density at radius 3 is 2.43 bits per heavy atom. The standard InChI is InChI=1S/C20H21ClN4O3S2/c1-12-5-6-13(2)17(11-12)25(30(4,27)28)14(3)18(26)22-20-24-23-19(29-20)15-7-9-16(21)10-8-15/h5-11,14H,1-4H3,(H,22,24,26)/t14-/m0/s1. The second-order valence-electron chi connectivity index (χ2n) is 6.93. The quantitative estimate of drug-likeness (QED) is 0.588. The number of hydrogen-bond acceptors (Lipinski definition) is 6. The molecule has 0 bridgehead atoms. The molecule has 10 heteroatoms. The van der Waals surface area contributed by atoms with Crippen molar-refractivity contribution in [3.63, 3.8) is 0 Å². The van der Waals surface area contributed by atoms with Crippen LogP contribution in [0.25, 0.3) is 10.6 Å². The maximum absolute atomic E-state index is 12.9. The Labute approximate surface area is 184 Å². The molecule has 7 nitrogen and oxygen atoms in total. The second-order valence-corrected chi connectivity index (χ2v) is 10.2. The van der Waals surface area contributed by atoms with Gasteiger partial charge in [-0.3, -0.25) is 14.4 Å². The first-order valence-corrected chi connectivity index (χ1v) is 12.1. The van der Waals surface area contributed by atoms with E-state index in [1.54, 1.807) is 32.0 Å². The number of halogens is 1. The van der Waals surface area contributed by atoms with Crippen molar-refractivity contribution in [1.29, 1.82) is 0 Å². The number of aromatic nitrogens is 2. The third kappa shape index (κ3) is 4.97. The number of nitrogens with one attached hydrogen (secondary N) is 1. The monoisotopic (exact) mass is 464 g/mol. The van der Waals surface area contributed by atoms with Gasteiger partial charge in [0, 0.05) is 10.6 Å². The van der Waals surface area contributed by atoms with Gasteiger partial charge in [-0.2, -0.15) is 0 Å². The summed E-state index contributed by atoms with van der Waals surface area (Å²) in [5.74, 6) is -0.500. The number of rotatable bonds is 6. The number of hydrogen-bond donors (Lipinski definition) is 1. The van der Waals surface area contributed by atoms with Gasteiger partial charge in [0.15, 0.2) is 0 Å². The minimum absolute atomic E-state index is 0.284. The molecule has 3 aromatic rings. The van der Waals surface area contributed by atoms with Gasteiger partial charge in [0.25, 0.3) is 0 Å². The van der Waals surface area contributed by atoms with Crippen LogP contribution in [-0.2, 0) is 14.8 Å². The average molecular weight is 465 g/mol. The summed E-state index contributed by atoms with van der Waals surface area (Å²) in [6.45, 7) is 5.22. The van der Waals surface area contributed by atoms with Gasteiger partial charge in [-0.1, -0.05) is 47.2 Å². The SMILES string of the molecule is Cc1ccc(C)c(N([C@@H](C)C(=O)Nc2nnc(-c3ccc(Cl)cc3)s2)S(C)(=O)=O)c1. The lowest BCUT2D eigenvalue weighted by atomic mass is 10.1. The largest absolute Gasteiger partial charge is 0.299 e. The molecule has 0 spiro atoms. The van der Waals surface area contributed by atoms with Crippen molar-refractivity contribution in [2.75, 3.05) is 15.9 Å². The van der Waals surface area contributed by atoms with Crippen LogP contribution in [0.3, 0.4) is 0 Å². The van der Waals surface area contributed by atoms with E-state index >= 15 is 0 Å². The normalized spacial score (nSPS) is 12.4. The molecule has 0 aliphatic rings. The maximum Gasteiger partial charge on any atom is 0.249 e. The lowest BCUT2D eigenvalue weighted by Crippen LogP contribution is -2.45. The Bertz CT molecular complexity index is 1180. The molecular formula is C20H21ClN4O3S2. The molecule has 0 fully saturated rings. The van der Waals surface area contributed by atoms with Gasteiger partial charge < -0.3 is 0 Å². The first-order valence-electron chi connectivity index (χ1n) is 9.03. The molecular weight excluding hydrogens is 444 g/mol. The zero-order valence-electron chi connectivity index (χ0n) is 16.9. The molecule has 0 aliphatic heterocycles. The van der Waals surface area contributed by atoms with Crippen LogP contribution in [0.4, 0.5) is 10.8 Å². The lowest BCUT2D eigenvalue weighted by molar-refractivity contribution is -0.116. The third-order valence-corrected chi connectivity index (χ3v) is 6.80. The number of aryl methyl sites for hydroxylation is 2.